The Kier molecular flexibility index (Phi) is 12.4. The first-order chi connectivity index (χ1) is 13.7. The largest absolute Gasteiger partial charge is 0.411 e. The molecule has 0 aromatic heterocycles. The highest BCUT2D eigenvalue weighted by atomic mass is 28.4. The van der Waals surface area contributed by atoms with Crippen LogP contribution in [0.2, 0.25) is 18.1 Å². The van der Waals surface area contributed by atoms with Gasteiger partial charge >= 0.3 is 0 Å². The molecule has 0 saturated heterocycles. The van der Waals surface area contributed by atoms with Crippen LogP contribution in [0.5, 0.6) is 0 Å². The van der Waals surface area contributed by atoms with Gasteiger partial charge < -0.3 is 4.43 Å². The zero-order chi connectivity index (χ0) is 21.8. The average molecular weight is 431 g/mol. The highest BCUT2D eigenvalue weighted by molar-refractivity contribution is 6.74. The second kappa shape index (κ2) is 13.6. The van der Waals surface area contributed by atoms with Crippen LogP contribution in [0.1, 0.15) is 92.4 Å². The SMILES string of the molecule is CCCCCCCCCC/C(=C\C(C)O[Si](C)(C)C(C)(C)C)[Si]c1ccccc1. The van der Waals surface area contributed by atoms with Crippen LogP contribution < -0.4 is 5.19 Å². The van der Waals surface area contributed by atoms with E-state index in [1.165, 1.54) is 63.0 Å². The van der Waals surface area contributed by atoms with Gasteiger partial charge in [0.1, 0.15) is 9.52 Å². The number of benzene rings is 1. The van der Waals surface area contributed by atoms with Crippen LogP contribution >= 0.6 is 0 Å². The van der Waals surface area contributed by atoms with E-state index in [0.717, 1.165) is 9.52 Å². The molecule has 1 unspecified atom stereocenters. The van der Waals surface area contributed by atoms with E-state index in [9.17, 15) is 0 Å². The van der Waals surface area contributed by atoms with Crippen molar-refractivity contribution < 1.29 is 4.43 Å². The van der Waals surface area contributed by atoms with Crippen molar-refractivity contribution in [3.63, 3.8) is 0 Å². The lowest BCUT2D eigenvalue weighted by Crippen LogP contribution is -2.43. The third-order valence-corrected chi connectivity index (χ3v) is 12.0. The molecule has 1 aromatic rings. The van der Waals surface area contributed by atoms with Crippen LogP contribution in [0.3, 0.4) is 0 Å². The Morgan fingerprint density at radius 1 is 0.966 bits per heavy atom. The van der Waals surface area contributed by atoms with Crippen molar-refractivity contribution >= 4 is 23.0 Å². The Balaban J connectivity index is 2.62. The van der Waals surface area contributed by atoms with Crippen molar-refractivity contribution in [2.45, 2.75) is 117 Å². The highest BCUT2D eigenvalue weighted by Crippen LogP contribution is 2.37. The van der Waals surface area contributed by atoms with Gasteiger partial charge in [-0.15, -0.1) is 0 Å². The Morgan fingerprint density at radius 3 is 2.07 bits per heavy atom. The lowest BCUT2D eigenvalue weighted by molar-refractivity contribution is 0.242. The zero-order valence-electron chi connectivity index (χ0n) is 20.3. The second-order valence-corrected chi connectivity index (χ2v) is 16.2. The molecule has 0 spiro atoms. The first-order valence-electron chi connectivity index (χ1n) is 11.9. The molecule has 1 atom stereocenters. The molecule has 164 valence electrons. The molecule has 0 aliphatic heterocycles. The summed E-state index contributed by atoms with van der Waals surface area (Å²) in [5.41, 5.74) is 0. The average Bonchev–Trinajstić information content (AvgIpc) is 2.63. The van der Waals surface area contributed by atoms with Crippen LogP contribution in [0, 0.1) is 0 Å². The highest BCUT2D eigenvalue weighted by Gasteiger charge is 2.38. The number of unbranched alkanes of at least 4 members (excludes halogenated alkanes) is 7. The summed E-state index contributed by atoms with van der Waals surface area (Å²) in [5, 5.41) is 3.28. The fourth-order valence-corrected chi connectivity index (χ4v) is 6.00. The van der Waals surface area contributed by atoms with Crippen molar-refractivity contribution in [2.24, 2.45) is 0 Å². The van der Waals surface area contributed by atoms with Gasteiger partial charge in [0.15, 0.2) is 8.32 Å². The Bertz CT molecular complexity index is 572. The number of hydrogen-bond donors (Lipinski definition) is 0. The van der Waals surface area contributed by atoms with Gasteiger partial charge in [-0.25, -0.2) is 0 Å². The predicted octanol–water partition coefficient (Wildman–Crippen LogP) is 7.84. The van der Waals surface area contributed by atoms with Crippen LogP contribution in [-0.4, -0.2) is 23.9 Å². The molecule has 0 aliphatic rings. The molecule has 0 heterocycles. The normalized spacial score (nSPS) is 14.2. The summed E-state index contributed by atoms with van der Waals surface area (Å²) >= 11 is 0. The monoisotopic (exact) mass is 430 g/mol. The van der Waals surface area contributed by atoms with E-state index < -0.39 is 8.32 Å². The van der Waals surface area contributed by atoms with Crippen molar-refractivity contribution in [2.75, 3.05) is 0 Å². The molecule has 0 aliphatic carbocycles. The van der Waals surface area contributed by atoms with Crippen LogP contribution in [0.25, 0.3) is 0 Å². The van der Waals surface area contributed by atoms with Crippen molar-refractivity contribution in [1.82, 2.24) is 0 Å². The fourth-order valence-electron chi connectivity index (χ4n) is 3.30. The van der Waals surface area contributed by atoms with Crippen LogP contribution in [0.4, 0.5) is 0 Å². The van der Waals surface area contributed by atoms with Gasteiger partial charge in [0, 0.05) is 0 Å². The van der Waals surface area contributed by atoms with E-state index in [0.29, 0.717) is 0 Å². The van der Waals surface area contributed by atoms with Crippen LogP contribution in [-0.2, 0) is 4.43 Å². The molecule has 29 heavy (non-hydrogen) atoms. The maximum Gasteiger partial charge on any atom is 0.192 e. The third kappa shape index (κ3) is 11.4. The van der Waals surface area contributed by atoms with E-state index in [-0.39, 0.29) is 11.1 Å². The molecule has 0 saturated carbocycles. The molecule has 0 fully saturated rings. The fraction of sp³-hybridized carbons (Fsp3) is 0.692. The quantitative estimate of drug-likeness (QED) is 0.216. The third-order valence-electron chi connectivity index (χ3n) is 6.10. The van der Waals surface area contributed by atoms with Gasteiger partial charge in [-0.05, 0) is 37.9 Å². The van der Waals surface area contributed by atoms with Crippen LogP contribution in [0.15, 0.2) is 41.6 Å². The van der Waals surface area contributed by atoms with E-state index in [1.807, 2.05) is 0 Å². The molecule has 1 aromatic carbocycles. The molecule has 0 N–H and O–H groups in total. The minimum Gasteiger partial charge on any atom is -0.411 e. The summed E-state index contributed by atoms with van der Waals surface area (Å²) in [5.74, 6) is 0. The molecule has 0 amide bonds. The van der Waals surface area contributed by atoms with Gasteiger partial charge in [0.25, 0.3) is 0 Å². The van der Waals surface area contributed by atoms with Gasteiger partial charge in [0.2, 0.25) is 0 Å². The smallest absolute Gasteiger partial charge is 0.192 e. The summed E-state index contributed by atoms with van der Waals surface area (Å²) in [6.07, 6.45) is 14.9. The van der Waals surface area contributed by atoms with Gasteiger partial charge in [-0.1, -0.05) is 119 Å². The van der Waals surface area contributed by atoms with Crippen molar-refractivity contribution in [1.29, 1.82) is 0 Å². The molecular formula is C26H46OSi2. The van der Waals surface area contributed by atoms with E-state index >= 15 is 0 Å². The Labute approximate surface area is 185 Å². The molecule has 0 bridgehead atoms. The predicted molar refractivity (Wildman–Crippen MR) is 135 cm³/mol. The lowest BCUT2D eigenvalue weighted by Gasteiger charge is -2.38. The van der Waals surface area contributed by atoms with Gasteiger partial charge in [-0.3, -0.25) is 0 Å². The van der Waals surface area contributed by atoms with Crippen molar-refractivity contribution in [3.8, 4) is 0 Å². The standard InChI is InChI=1S/C26H46OSi2/c1-8-9-10-11-12-13-14-16-21-25(28-24-19-17-15-18-20-24)22-23(2)27-29(6,7)26(3,4)5/h15,17-20,22-23H,8-14,16,21H2,1-7H3/b25-22+. The molecule has 1 nitrogen and oxygen atoms in total. The molecule has 1 rings (SSSR count). The van der Waals surface area contributed by atoms with E-state index in [2.05, 4.69) is 84.1 Å². The van der Waals surface area contributed by atoms with Gasteiger partial charge in [-0.2, -0.15) is 0 Å². The second-order valence-electron chi connectivity index (χ2n) is 9.99. The Morgan fingerprint density at radius 2 is 1.52 bits per heavy atom. The number of rotatable bonds is 14. The number of hydrogen-bond acceptors (Lipinski definition) is 1. The Hall–Kier alpha value is -0.646. The molecule has 3 heteroatoms. The van der Waals surface area contributed by atoms with Gasteiger partial charge in [0.05, 0.1) is 6.10 Å². The molecule has 2 radical (unpaired) electrons. The topological polar surface area (TPSA) is 9.23 Å². The lowest BCUT2D eigenvalue weighted by atomic mass is 10.1. The first-order valence-corrected chi connectivity index (χ1v) is 15.8. The maximum atomic E-state index is 6.62. The van der Waals surface area contributed by atoms with E-state index in [4.69, 9.17) is 4.43 Å². The summed E-state index contributed by atoms with van der Waals surface area (Å²) in [6.45, 7) is 16.2. The summed E-state index contributed by atoms with van der Waals surface area (Å²) in [4.78, 5) is 0. The summed E-state index contributed by atoms with van der Waals surface area (Å²) < 4.78 is 6.62. The van der Waals surface area contributed by atoms with E-state index in [1.54, 1.807) is 5.20 Å². The summed E-state index contributed by atoms with van der Waals surface area (Å²) in [6, 6.07) is 11.0. The van der Waals surface area contributed by atoms with Crippen molar-refractivity contribution in [3.05, 3.63) is 41.6 Å². The minimum atomic E-state index is -1.73. The molecular weight excluding hydrogens is 384 g/mol. The number of allylic oxidation sites excluding steroid dienone is 1. The zero-order valence-corrected chi connectivity index (χ0v) is 22.3. The summed E-state index contributed by atoms with van der Waals surface area (Å²) in [7, 11) is -0.958. The maximum absolute atomic E-state index is 6.62. The first kappa shape index (κ1) is 26.4. The minimum absolute atomic E-state index is 0.205.